The lowest BCUT2D eigenvalue weighted by Crippen LogP contribution is -2.15. The van der Waals surface area contributed by atoms with E-state index in [1.165, 1.54) is 18.9 Å². The van der Waals surface area contributed by atoms with Crippen LogP contribution in [0.3, 0.4) is 0 Å². The molecule has 0 aliphatic heterocycles. The lowest BCUT2D eigenvalue weighted by molar-refractivity contribution is 0.281. The van der Waals surface area contributed by atoms with Gasteiger partial charge < -0.3 is 15.2 Å². The van der Waals surface area contributed by atoms with E-state index in [0.717, 1.165) is 11.1 Å². The Kier molecular flexibility index (Phi) is 4.18. The molecule has 0 heterocycles. The number of rotatable bonds is 6. The highest BCUT2D eigenvalue weighted by Crippen LogP contribution is 2.26. The fourth-order valence-electron chi connectivity index (χ4n) is 2.12. The van der Waals surface area contributed by atoms with Crippen molar-refractivity contribution in [3.63, 3.8) is 0 Å². The quantitative estimate of drug-likeness (QED) is 0.856. The second-order valence-electron chi connectivity index (χ2n) is 5.33. The van der Waals surface area contributed by atoms with Crippen LogP contribution in [0, 0.1) is 5.82 Å². The Morgan fingerprint density at radius 3 is 2.71 bits per heavy atom. The molecule has 2 aromatic rings. The summed E-state index contributed by atoms with van der Waals surface area (Å²) in [6.07, 6.45) is 2.43. The minimum Gasteiger partial charge on any atom is -0.454 e. The van der Waals surface area contributed by atoms with Crippen LogP contribution < -0.4 is 10.1 Å². The van der Waals surface area contributed by atoms with Crippen LogP contribution in [0.25, 0.3) is 0 Å². The van der Waals surface area contributed by atoms with Gasteiger partial charge in [-0.1, -0.05) is 18.2 Å². The van der Waals surface area contributed by atoms with Crippen molar-refractivity contribution in [2.75, 3.05) is 0 Å². The molecule has 21 heavy (non-hydrogen) atoms. The van der Waals surface area contributed by atoms with Gasteiger partial charge in [-0.3, -0.25) is 0 Å². The van der Waals surface area contributed by atoms with Gasteiger partial charge in [-0.2, -0.15) is 0 Å². The number of hydrogen-bond donors (Lipinski definition) is 2. The average Bonchev–Trinajstić information content (AvgIpc) is 3.32. The van der Waals surface area contributed by atoms with Gasteiger partial charge in [0.1, 0.15) is 5.75 Å². The summed E-state index contributed by atoms with van der Waals surface area (Å²) in [6, 6.07) is 12.6. The largest absolute Gasteiger partial charge is 0.454 e. The highest BCUT2D eigenvalue weighted by molar-refractivity contribution is 5.36. The van der Waals surface area contributed by atoms with Gasteiger partial charge in [0.15, 0.2) is 11.6 Å². The molecule has 3 rings (SSSR count). The first kappa shape index (κ1) is 14.0. The van der Waals surface area contributed by atoms with Crippen LogP contribution >= 0.6 is 0 Å². The van der Waals surface area contributed by atoms with Gasteiger partial charge in [-0.15, -0.1) is 0 Å². The summed E-state index contributed by atoms with van der Waals surface area (Å²) in [5.41, 5.74) is 1.65. The van der Waals surface area contributed by atoms with Gasteiger partial charge in [0.05, 0.1) is 6.61 Å². The Morgan fingerprint density at radius 1 is 1.14 bits per heavy atom. The predicted octanol–water partition coefficient (Wildman–Crippen LogP) is 3.36. The monoisotopic (exact) mass is 287 g/mol. The molecule has 2 aromatic carbocycles. The predicted molar refractivity (Wildman–Crippen MR) is 78.7 cm³/mol. The maximum atomic E-state index is 14.1. The Morgan fingerprint density at radius 2 is 2.00 bits per heavy atom. The second kappa shape index (κ2) is 6.24. The first-order chi connectivity index (χ1) is 10.2. The maximum Gasteiger partial charge on any atom is 0.166 e. The Hall–Kier alpha value is -1.91. The number of benzene rings is 2. The van der Waals surface area contributed by atoms with Crippen molar-refractivity contribution in [2.24, 2.45) is 0 Å². The lowest BCUT2D eigenvalue weighted by Gasteiger charge is -2.09. The smallest absolute Gasteiger partial charge is 0.166 e. The van der Waals surface area contributed by atoms with Crippen molar-refractivity contribution in [3.8, 4) is 11.5 Å². The highest BCUT2D eigenvalue weighted by atomic mass is 19.1. The minimum absolute atomic E-state index is 0.0640. The van der Waals surface area contributed by atoms with E-state index in [1.54, 1.807) is 30.3 Å². The molecule has 0 aromatic heterocycles. The van der Waals surface area contributed by atoms with Gasteiger partial charge in [-0.05, 0) is 48.2 Å². The third-order valence-electron chi connectivity index (χ3n) is 3.48. The third-order valence-corrected chi connectivity index (χ3v) is 3.48. The summed E-state index contributed by atoms with van der Waals surface area (Å²) in [6.45, 7) is 0.618. The van der Waals surface area contributed by atoms with Crippen LogP contribution in [-0.2, 0) is 13.2 Å². The van der Waals surface area contributed by atoms with Crippen LogP contribution in [0.4, 0.5) is 4.39 Å². The topological polar surface area (TPSA) is 41.5 Å². The molecule has 3 nitrogen and oxygen atoms in total. The lowest BCUT2D eigenvalue weighted by atomic mass is 10.2. The zero-order valence-electron chi connectivity index (χ0n) is 11.7. The average molecular weight is 287 g/mol. The van der Waals surface area contributed by atoms with Crippen LogP contribution in [0.1, 0.15) is 24.0 Å². The van der Waals surface area contributed by atoms with Crippen molar-refractivity contribution >= 4 is 0 Å². The molecule has 0 saturated heterocycles. The Labute approximate surface area is 123 Å². The first-order valence-corrected chi connectivity index (χ1v) is 7.14. The van der Waals surface area contributed by atoms with E-state index < -0.39 is 0 Å². The van der Waals surface area contributed by atoms with Crippen LogP contribution in [0.2, 0.25) is 0 Å². The zero-order valence-corrected chi connectivity index (χ0v) is 11.7. The summed E-state index contributed by atoms with van der Waals surface area (Å²) in [4.78, 5) is 0. The van der Waals surface area contributed by atoms with Gasteiger partial charge in [0.25, 0.3) is 0 Å². The number of aliphatic hydroxyl groups excluding tert-OH is 1. The van der Waals surface area contributed by atoms with Crippen molar-refractivity contribution in [2.45, 2.75) is 32.0 Å². The first-order valence-electron chi connectivity index (χ1n) is 7.14. The Bertz CT molecular complexity index is 626. The standard InChI is InChI=1S/C17H18FNO2/c18-16-9-12(10-19-14-5-6-14)4-7-17(16)21-15-3-1-2-13(8-15)11-20/h1-4,7-9,14,19-20H,5-6,10-11H2. The molecule has 0 radical (unpaired) electrons. The van der Waals surface area contributed by atoms with E-state index >= 15 is 0 Å². The van der Waals surface area contributed by atoms with Gasteiger partial charge in [0, 0.05) is 12.6 Å². The molecule has 110 valence electrons. The molecule has 4 heteroatoms. The summed E-state index contributed by atoms with van der Waals surface area (Å²) in [5, 5.41) is 12.4. The van der Waals surface area contributed by atoms with E-state index in [-0.39, 0.29) is 18.2 Å². The normalized spacial score (nSPS) is 14.2. The zero-order chi connectivity index (χ0) is 14.7. The number of nitrogens with one attached hydrogen (secondary N) is 1. The number of halogens is 1. The molecule has 1 saturated carbocycles. The van der Waals surface area contributed by atoms with E-state index in [4.69, 9.17) is 9.84 Å². The number of hydrogen-bond acceptors (Lipinski definition) is 3. The number of ether oxygens (including phenoxy) is 1. The molecule has 0 amide bonds. The molecule has 2 N–H and O–H groups in total. The molecular weight excluding hydrogens is 269 g/mol. The van der Waals surface area contributed by atoms with E-state index in [2.05, 4.69) is 5.32 Å². The second-order valence-corrected chi connectivity index (χ2v) is 5.33. The molecule has 0 bridgehead atoms. The number of aliphatic hydroxyl groups is 1. The molecule has 1 fully saturated rings. The third kappa shape index (κ3) is 3.80. The molecule has 1 aliphatic carbocycles. The summed E-state index contributed by atoms with van der Waals surface area (Å²) >= 11 is 0. The van der Waals surface area contributed by atoms with Crippen LogP contribution in [0.5, 0.6) is 11.5 Å². The van der Waals surface area contributed by atoms with Crippen molar-refractivity contribution in [1.82, 2.24) is 5.32 Å². The summed E-state index contributed by atoms with van der Waals surface area (Å²) < 4.78 is 19.6. The van der Waals surface area contributed by atoms with Crippen LogP contribution in [-0.4, -0.2) is 11.1 Å². The fourth-order valence-corrected chi connectivity index (χ4v) is 2.12. The maximum absolute atomic E-state index is 14.1. The van der Waals surface area contributed by atoms with Crippen LogP contribution in [0.15, 0.2) is 42.5 Å². The fraction of sp³-hybridized carbons (Fsp3) is 0.294. The SMILES string of the molecule is OCc1cccc(Oc2ccc(CNC3CC3)cc2F)c1. The van der Waals surface area contributed by atoms with Crippen molar-refractivity contribution in [3.05, 3.63) is 59.4 Å². The highest BCUT2D eigenvalue weighted by Gasteiger charge is 2.20. The molecular formula is C17H18FNO2. The van der Waals surface area contributed by atoms with Crippen molar-refractivity contribution in [1.29, 1.82) is 0 Å². The van der Waals surface area contributed by atoms with E-state index in [1.807, 2.05) is 6.07 Å². The molecule has 0 atom stereocenters. The minimum atomic E-state index is -0.375. The molecule has 1 aliphatic rings. The summed E-state index contributed by atoms with van der Waals surface area (Å²) in [5.74, 6) is 0.337. The molecule has 0 unspecified atom stereocenters. The van der Waals surface area contributed by atoms with Crippen molar-refractivity contribution < 1.29 is 14.2 Å². The van der Waals surface area contributed by atoms with E-state index in [0.29, 0.717) is 18.3 Å². The Balaban J connectivity index is 1.69. The van der Waals surface area contributed by atoms with Gasteiger partial charge >= 0.3 is 0 Å². The van der Waals surface area contributed by atoms with Gasteiger partial charge in [0.2, 0.25) is 0 Å². The molecule has 0 spiro atoms. The summed E-state index contributed by atoms with van der Waals surface area (Å²) in [7, 11) is 0. The van der Waals surface area contributed by atoms with E-state index in [9.17, 15) is 4.39 Å². The van der Waals surface area contributed by atoms with Gasteiger partial charge in [-0.25, -0.2) is 4.39 Å².